The highest BCUT2D eigenvalue weighted by molar-refractivity contribution is 9.10. The van der Waals surface area contributed by atoms with Gasteiger partial charge in [0, 0.05) is 9.50 Å². The SMILES string of the molecule is COc1nc(N)nc(Nc2cc(Cl)c(C)cc2Br)n1. The molecule has 0 aliphatic heterocycles. The van der Waals surface area contributed by atoms with Crippen LogP contribution in [0, 0.1) is 6.92 Å². The lowest BCUT2D eigenvalue weighted by Crippen LogP contribution is -2.05. The highest BCUT2D eigenvalue weighted by Crippen LogP contribution is 2.30. The zero-order chi connectivity index (χ0) is 14.0. The Morgan fingerprint density at radius 3 is 2.74 bits per heavy atom. The van der Waals surface area contributed by atoms with Gasteiger partial charge in [-0.15, -0.1) is 0 Å². The normalized spacial score (nSPS) is 10.3. The molecular formula is C11H11BrClN5O. The predicted molar refractivity (Wildman–Crippen MR) is 78.0 cm³/mol. The van der Waals surface area contributed by atoms with Gasteiger partial charge in [-0.1, -0.05) is 11.6 Å². The molecule has 2 rings (SSSR count). The molecule has 0 unspecified atom stereocenters. The van der Waals surface area contributed by atoms with Gasteiger partial charge in [0.2, 0.25) is 11.9 Å². The molecular weight excluding hydrogens is 334 g/mol. The van der Waals surface area contributed by atoms with E-state index in [2.05, 4.69) is 36.2 Å². The molecule has 1 aromatic heterocycles. The maximum absolute atomic E-state index is 6.08. The zero-order valence-electron chi connectivity index (χ0n) is 10.2. The van der Waals surface area contributed by atoms with E-state index in [1.807, 2.05) is 13.0 Å². The van der Waals surface area contributed by atoms with Crippen LogP contribution in [0.1, 0.15) is 5.56 Å². The van der Waals surface area contributed by atoms with E-state index in [1.165, 1.54) is 7.11 Å². The lowest BCUT2D eigenvalue weighted by atomic mass is 10.2. The van der Waals surface area contributed by atoms with E-state index >= 15 is 0 Å². The van der Waals surface area contributed by atoms with Crippen molar-refractivity contribution in [1.82, 2.24) is 15.0 Å². The summed E-state index contributed by atoms with van der Waals surface area (Å²) in [4.78, 5) is 11.8. The molecule has 0 aliphatic carbocycles. The van der Waals surface area contributed by atoms with Gasteiger partial charge < -0.3 is 15.8 Å². The zero-order valence-corrected chi connectivity index (χ0v) is 12.6. The average Bonchev–Trinajstić information content (AvgIpc) is 2.35. The van der Waals surface area contributed by atoms with Crippen LogP contribution >= 0.6 is 27.5 Å². The number of nitrogens with one attached hydrogen (secondary N) is 1. The van der Waals surface area contributed by atoms with Crippen molar-refractivity contribution in [2.45, 2.75) is 6.92 Å². The highest BCUT2D eigenvalue weighted by Gasteiger charge is 2.08. The molecule has 8 heteroatoms. The van der Waals surface area contributed by atoms with Crippen molar-refractivity contribution in [3.63, 3.8) is 0 Å². The summed E-state index contributed by atoms with van der Waals surface area (Å²) >= 11 is 9.52. The smallest absolute Gasteiger partial charge is 0.322 e. The second kappa shape index (κ2) is 5.58. The van der Waals surface area contributed by atoms with Crippen molar-refractivity contribution in [3.8, 4) is 6.01 Å². The summed E-state index contributed by atoms with van der Waals surface area (Å²) < 4.78 is 5.77. The van der Waals surface area contributed by atoms with Gasteiger partial charge in [0.1, 0.15) is 0 Å². The molecule has 19 heavy (non-hydrogen) atoms. The molecule has 0 radical (unpaired) electrons. The Hall–Kier alpha value is -1.60. The van der Waals surface area contributed by atoms with E-state index in [-0.39, 0.29) is 17.9 Å². The largest absolute Gasteiger partial charge is 0.467 e. The fourth-order valence-electron chi connectivity index (χ4n) is 1.38. The van der Waals surface area contributed by atoms with E-state index in [1.54, 1.807) is 6.07 Å². The molecule has 1 aromatic carbocycles. The van der Waals surface area contributed by atoms with Crippen molar-refractivity contribution in [1.29, 1.82) is 0 Å². The number of nitrogens with zero attached hydrogens (tertiary/aromatic N) is 3. The number of methoxy groups -OCH3 is 1. The van der Waals surface area contributed by atoms with E-state index in [0.29, 0.717) is 5.02 Å². The number of hydrogen-bond acceptors (Lipinski definition) is 6. The molecule has 1 heterocycles. The second-order valence-corrected chi connectivity index (χ2v) is 4.97. The molecule has 6 nitrogen and oxygen atoms in total. The van der Waals surface area contributed by atoms with Gasteiger partial charge in [-0.25, -0.2) is 0 Å². The predicted octanol–water partition coefficient (Wildman–Crippen LogP) is 2.93. The van der Waals surface area contributed by atoms with Crippen molar-refractivity contribution in [2.75, 3.05) is 18.2 Å². The number of aryl methyl sites for hydroxylation is 1. The number of aromatic nitrogens is 3. The number of halogens is 2. The molecule has 0 amide bonds. The number of ether oxygens (including phenoxy) is 1. The van der Waals surface area contributed by atoms with Crippen LogP contribution in [0.2, 0.25) is 5.02 Å². The van der Waals surface area contributed by atoms with Gasteiger partial charge in [0.25, 0.3) is 0 Å². The van der Waals surface area contributed by atoms with Crippen LogP contribution in [0.4, 0.5) is 17.6 Å². The molecule has 2 aromatic rings. The standard InChI is InChI=1S/C11H11BrClN5O/c1-5-3-6(12)8(4-7(5)13)15-10-16-9(14)17-11(18-10)19-2/h3-4H,1-2H3,(H3,14,15,16,17,18). The van der Waals surface area contributed by atoms with E-state index in [4.69, 9.17) is 22.1 Å². The maximum atomic E-state index is 6.08. The Balaban J connectivity index is 2.36. The molecule has 3 N–H and O–H groups in total. The second-order valence-electron chi connectivity index (χ2n) is 3.71. The quantitative estimate of drug-likeness (QED) is 0.890. The van der Waals surface area contributed by atoms with Gasteiger partial charge >= 0.3 is 6.01 Å². The molecule has 0 aliphatic rings. The number of nitrogen functional groups attached to an aromatic ring is 1. The summed E-state index contributed by atoms with van der Waals surface area (Å²) in [7, 11) is 1.46. The molecule has 0 fully saturated rings. The topological polar surface area (TPSA) is 86.0 Å². The minimum absolute atomic E-state index is 0.0729. The minimum atomic E-state index is 0.0729. The van der Waals surface area contributed by atoms with E-state index in [9.17, 15) is 0 Å². The first-order valence-electron chi connectivity index (χ1n) is 5.28. The summed E-state index contributed by atoms with van der Waals surface area (Å²) in [6.45, 7) is 1.92. The Labute approximate surface area is 123 Å². The summed E-state index contributed by atoms with van der Waals surface area (Å²) in [6.07, 6.45) is 0. The Morgan fingerprint density at radius 2 is 2.05 bits per heavy atom. The lowest BCUT2D eigenvalue weighted by molar-refractivity contribution is 0.380. The van der Waals surface area contributed by atoms with Gasteiger partial charge in [-0.05, 0) is 40.5 Å². The van der Waals surface area contributed by atoms with Crippen LogP contribution in [0.15, 0.2) is 16.6 Å². The molecule has 0 atom stereocenters. The van der Waals surface area contributed by atoms with E-state index < -0.39 is 0 Å². The molecule has 0 saturated heterocycles. The first kappa shape index (κ1) is 13.8. The Bertz CT molecular complexity index is 622. The van der Waals surface area contributed by atoms with Crippen LogP contribution in [0.3, 0.4) is 0 Å². The lowest BCUT2D eigenvalue weighted by Gasteiger charge is -2.10. The number of anilines is 3. The van der Waals surface area contributed by atoms with Crippen LogP contribution in [-0.2, 0) is 0 Å². The van der Waals surface area contributed by atoms with Gasteiger partial charge in [-0.2, -0.15) is 15.0 Å². The summed E-state index contributed by atoms with van der Waals surface area (Å²) in [5.41, 5.74) is 7.25. The Morgan fingerprint density at radius 1 is 1.32 bits per heavy atom. The minimum Gasteiger partial charge on any atom is -0.467 e. The van der Waals surface area contributed by atoms with Crippen molar-refractivity contribution >= 4 is 45.1 Å². The molecule has 0 bridgehead atoms. The van der Waals surface area contributed by atoms with Crippen LogP contribution in [-0.4, -0.2) is 22.1 Å². The third-order valence-corrected chi connectivity index (χ3v) is 3.37. The van der Waals surface area contributed by atoms with E-state index in [0.717, 1.165) is 15.7 Å². The van der Waals surface area contributed by atoms with Crippen LogP contribution < -0.4 is 15.8 Å². The van der Waals surface area contributed by atoms with Crippen molar-refractivity contribution in [3.05, 3.63) is 27.2 Å². The fourth-order valence-corrected chi connectivity index (χ4v) is 2.10. The summed E-state index contributed by atoms with van der Waals surface area (Å²) in [5.74, 6) is 0.355. The van der Waals surface area contributed by atoms with Crippen LogP contribution in [0.5, 0.6) is 6.01 Å². The van der Waals surface area contributed by atoms with Crippen molar-refractivity contribution in [2.24, 2.45) is 0 Å². The number of rotatable bonds is 3. The monoisotopic (exact) mass is 343 g/mol. The van der Waals surface area contributed by atoms with Crippen molar-refractivity contribution < 1.29 is 4.74 Å². The Kier molecular flexibility index (Phi) is 4.06. The highest BCUT2D eigenvalue weighted by atomic mass is 79.9. The maximum Gasteiger partial charge on any atom is 0.322 e. The van der Waals surface area contributed by atoms with Gasteiger partial charge in [0.15, 0.2) is 0 Å². The summed E-state index contributed by atoms with van der Waals surface area (Å²) in [5, 5.41) is 3.64. The third-order valence-electron chi connectivity index (χ3n) is 2.31. The molecule has 100 valence electrons. The third kappa shape index (κ3) is 3.24. The fraction of sp³-hybridized carbons (Fsp3) is 0.182. The van der Waals surface area contributed by atoms with Crippen LogP contribution in [0.25, 0.3) is 0 Å². The number of hydrogen-bond donors (Lipinski definition) is 2. The first-order valence-corrected chi connectivity index (χ1v) is 6.45. The van der Waals surface area contributed by atoms with Gasteiger partial charge in [-0.3, -0.25) is 0 Å². The number of benzene rings is 1. The van der Waals surface area contributed by atoms with Gasteiger partial charge in [0.05, 0.1) is 12.8 Å². The average molecular weight is 345 g/mol. The first-order chi connectivity index (χ1) is 8.99. The molecule has 0 spiro atoms. The number of nitrogens with two attached hydrogens (primary N) is 1. The summed E-state index contributed by atoms with van der Waals surface area (Å²) in [6, 6.07) is 3.81. The molecule has 0 saturated carbocycles.